The zero-order chi connectivity index (χ0) is 20.8. The number of rotatable bonds is 6. The van der Waals surface area contributed by atoms with Crippen LogP contribution in [0.2, 0.25) is 0 Å². The molecule has 2 amide bonds. The second-order valence-electron chi connectivity index (χ2n) is 6.12. The average molecular weight is 393 g/mol. The van der Waals surface area contributed by atoms with Gasteiger partial charge in [0.05, 0.1) is 7.11 Å². The van der Waals surface area contributed by atoms with Crippen LogP contribution in [0.4, 0.5) is 5.69 Å². The Morgan fingerprint density at radius 1 is 1.03 bits per heavy atom. The first-order valence-corrected chi connectivity index (χ1v) is 8.72. The van der Waals surface area contributed by atoms with E-state index in [0.717, 1.165) is 5.56 Å². The number of hydrogen-bond donors (Lipinski definition) is 3. The van der Waals surface area contributed by atoms with E-state index >= 15 is 0 Å². The number of benzene rings is 2. The monoisotopic (exact) mass is 393 g/mol. The van der Waals surface area contributed by atoms with Gasteiger partial charge in [0, 0.05) is 22.4 Å². The van der Waals surface area contributed by atoms with E-state index in [0.29, 0.717) is 28.5 Å². The number of methoxy groups -OCH3 is 1. The minimum Gasteiger partial charge on any atom is -0.468 e. The Hall–Kier alpha value is -4.01. The number of aromatic amines is 1. The van der Waals surface area contributed by atoms with Crippen LogP contribution in [-0.4, -0.2) is 46.6 Å². The molecule has 0 aliphatic carbocycles. The Bertz CT molecular complexity index is 1040. The summed E-state index contributed by atoms with van der Waals surface area (Å²) in [5, 5.41) is 12.0. The van der Waals surface area contributed by atoms with Gasteiger partial charge < -0.3 is 15.4 Å². The number of ether oxygens (including phenoxy) is 1. The molecular weight excluding hydrogens is 374 g/mol. The summed E-state index contributed by atoms with van der Waals surface area (Å²) >= 11 is 0. The van der Waals surface area contributed by atoms with Gasteiger partial charge >= 0.3 is 5.97 Å². The fraction of sp³-hybridized carbons (Fsp3) is 0.150. The number of hydrogen-bond acceptors (Lipinski definition) is 6. The average Bonchev–Trinajstić information content (AvgIpc) is 3.18. The van der Waals surface area contributed by atoms with E-state index in [1.807, 2.05) is 6.92 Å². The molecule has 1 heterocycles. The van der Waals surface area contributed by atoms with E-state index in [2.05, 4.69) is 30.6 Å². The zero-order valence-corrected chi connectivity index (χ0v) is 15.9. The van der Waals surface area contributed by atoms with E-state index in [1.165, 1.54) is 13.2 Å². The summed E-state index contributed by atoms with van der Waals surface area (Å²) in [6.45, 7) is 1.57. The molecule has 0 saturated carbocycles. The van der Waals surface area contributed by atoms with Gasteiger partial charge in [-0.15, -0.1) is 0 Å². The number of H-pyrrole nitrogens is 1. The SMILES string of the molecule is COC(=O)CNC(=O)c1cccc(NC(=O)c2ccc(-c3n[nH]c(C)n3)cc2)c1. The highest BCUT2D eigenvalue weighted by Crippen LogP contribution is 2.17. The summed E-state index contributed by atoms with van der Waals surface area (Å²) in [6.07, 6.45) is 0. The van der Waals surface area contributed by atoms with Gasteiger partial charge in [0.15, 0.2) is 5.82 Å². The van der Waals surface area contributed by atoms with Crippen molar-refractivity contribution < 1.29 is 19.1 Å². The Kier molecular flexibility index (Phi) is 5.98. The van der Waals surface area contributed by atoms with Gasteiger partial charge in [-0.2, -0.15) is 5.10 Å². The standard InChI is InChI=1S/C20H19N5O4/c1-12-22-18(25-24-12)13-6-8-14(9-7-13)20(28)23-16-5-3-4-15(10-16)19(27)21-11-17(26)29-2/h3-10H,11H2,1-2H3,(H,21,27)(H,23,28)(H,22,24,25). The minimum atomic E-state index is -0.550. The normalized spacial score (nSPS) is 10.3. The molecule has 0 saturated heterocycles. The lowest BCUT2D eigenvalue weighted by molar-refractivity contribution is -0.139. The number of anilines is 1. The number of esters is 1. The molecule has 0 fully saturated rings. The van der Waals surface area contributed by atoms with E-state index < -0.39 is 11.9 Å². The molecule has 0 atom stereocenters. The smallest absolute Gasteiger partial charge is 0.325 e. The summed E-state index contributed by atoms with van der Waals surface area (Å²) in [6, 6.07) is 13.3. The van der Waals surface area contributed by atoms with Gasteiger partial charge in [-0.05, 0) is 37.3 Å². The molecular formula is C20H19N5O4. The molecule has 0 radical (unpaired) electrons. The summed E-state index contributed by atoms with van der Waals surface area (Å²) in [4.78, 5) is 40.0. The topological polar surface area (TPSA) is 126 Å². The fourth-order valence-electron chi connectivity index (χ4n) is 2.51. The first kappa shape index (κ1) is 19.7. The maximum absolute atomic E-state index is 12.5. The van der Waals surface area contributed by atoms with Crippen LogP contribution in [0.3, 0.4) is 0 Å². The van der Waals surface area contributed by atoms with Crippen molar-refractivity contribution in [2.45, 2.75) is 6.92 Å². The van der Waals surface area contributed by atoms with Crippen molar-refractivity contribution in [3.63, 3.8) is 0 Å². The Morgan fingerprint density at radius 3 is 2.45 bits per heavy atom. The van der Waals surface area contributed by atoms with Crippen molar-refractivity contribution >= 4 is 23.5 Å². The van der Waals surface area contributed by atoms with Crippen LogP contribution in [0.5, 0.6) is 0 Å². The molecule has 0 spiro atoms. The van der Waals surface area contributed by atoms with E-state index in [4.69, 9.17) is 0 Å². The Labute approximate surface area is 166 Å². The van der Waals surface area contributed by atoms with Crippen LogP contribution >= 0.6 is 0 Å². The van der Waals surface area contributed by atoms with Crippen LogP contribution in [0.25, 0.3) is 11.4 Å². The number of carbonyl (C=O) groups excluding carboxylic acids is 3. The molecule has 0 aliphatic heterocycles. The molecule has 0 aliphatic rings. The third-order valence-electron chi connectivity index (χ3n) is 4.01. The lowest BCUT2D eigenvalue weighted by Gasteiger charge is -2.08. The van der Waals surface area contributed by atoms with Crippen molar-refractivity contribution in [1.82, 2.24) is 20.5 Å². The maximum atomic E-state index is 12.5. The van der Waals surface area contributed by atoms with Crippen molar-refractivity contribution in [2.75, 3.05) is 19.0 Å². The minimum absolute atomic E-state index is 0.233. The predicted octanol–water partition coefficient (Wildman–Crippen LogP) is 1.94. The number of aromatic nitrogens is 3. The molecule has 0 bridgehead atoms. The fourth-order valence-corrected chi connectivity index (χ4v) is 2.51. The Balaban J connectivity index is 1.66. The zero-order valence-electron chi connectivity index (χ0n) is 15.9. The number of carbonyl (C=O) groups is 3. The number of nitrogens with zero attached hydrogens (tertiary/aromatic N) is 2. The summed E-state index contributed by atoms with van der Waals surface area (Å²) < 4.78 is 4.48. The second-order valence-corrected chi connectivity index (χ2v) is 6.12. The van der Waals surface area contributed by atoms with Crippen molar-refractivity contribution in [3.8, 4) is 11.4 Å². The highest BCUT2D eigenvalue weighted by molar-refractivity contribution is 6.05. The highest BCUT2D eigenvalue weighted by Gasteiger charge is 2.11. The van der Waals surface area contributed by atoms with Crippen molar-refractivity contribution in [1.29, 1.82) is 0 Å². The number of amides is 2. The largest absolute Gasteiger partial charge is 0.468 e. The van der Waals surface area contributed by atoms with Crippen molar-refractivity contribution in [2.24, 2.45) is 0 Å². The molecule has 1 aromatic heterocycles. The van der Waals surface area contributed by atoms with E-state index in [1.54, 1.807) is 42.5 Å². The van der Waals surface area contributed by atoms with Crippen LogP contribution < -0.4 is 10.6 Å². The van der Waals surface area contributed by atoms with Crippen LogP contribution in [-0.2, 0) is 9.53 Å². The molecule has 29 heavy (non-hydrogen) atoms. The van der Waals surface area contributed by atoms with Gasteiger partial charge in [-0.1, -0.05) is 18.2 Å². The van der Waals surface area contributed by atoms with Crippen LogP contribution in [0, 0.1) is 6.92 Å². The van der Waals surface area contributed by atoms with Gasteiger partial charge in [-0.25, -0.2) is 4.98 Å². The molecule has 9 nitrogen and oxygen atoms in total. The first-order valence-electron chi connectivity index (χ1n) is 8.72. The molecule has 3 rings (SSSR count). The predicted molar refractivity (Wildman–Crippen MR) is 105 cm³/mol. The van der Waals surface area contributed by atoms with E-state index in [-0.39, 0.29) is 12.5 Å². The van der Waals surface area contributed by atoms with Gasteiger partial charge in [-0.3, -0.25) is 19.5 Å². The first-order chi connectivity index (χ1) is 14.0. The van der Waals surface area contributed by atoms with Gasteiger partial charge in [0.2, 0.25) is 0 Å². The third-order valence-corrected chi connectivity index (χ3v) is 4.01. The van der Waals surface area contributed by atoms with Gasteiger partial charge in [0.1, 0.15) is 12.4 Å². The summed E-state index contributed by atoms with van der Waals surface area (Å²) in [5.41, 5.74) is 1.99. The molecule has 2 aromatic carbocycles. The quantitative estimate of drug-likeness (QED) is 0.550. The summed E-state index contributed by atoms with van der Waals surface area (Å²) in [7, 11) is 1.24. The van der Waals surface area contributed by atoms with Crippen molar-refractivity contribution in [3.05, 3.63) is 65.5 Å². The number of nitrogens with one attached hydrogen (secondary N) is 3. The maximum Gasteiger partial charge on any atom is 0.325 e. The number of aryl methyl sites for hydroxylation is 1. The molecule has 3 aromatic rings. The Morgan fingerprint density at radius 2 is 1.79 bits per heavy atom. The highest BCUT2D eigenvalue weighted by atomic mass is 16.5. The molecule has 0 unspecified atom stereocenters. The molecule has 9 heteroatoms. The van der Waals surface area contributed by atoms with Crippen LogP contribution in [0.15, 0.2) is 48.5 Å². The van der Waals surface area contributed by atoms with Crippen LogP contribution in [0.1, 0.15) is 26.5 Å². The summed E-state index contributed by atoms with van der Waals surface area (Å²) in [5.74, 6) is -0.0589. The van der Waals surface area contributed by atoms with Gasteiger partial charge in [0.25, 0.3) is 11.8 Å². The lowest BCUT2D eigenvalue weighted by atomic mass is 10.1. The lowest BCUT2D eigenvalue weighted by Crippen LogP contribution is -2.30. The van der Waals surface area contributed by atoms with E-state index in [9.17, 15) is 14.4 Å². The molecule has 3 N–H and O–H groups in total. The second kappa shape index (κ2) is 8.79. The third kappa shape index (κ3) is 5.04. The molecule has 148 valence electrons.